The molecule has 208 valence electrons. The van der Waals surface area contributed by atoms with E-state index in [0.717, 1.165) is 35.5 Å². The summed E-state index contributed by atoms with van der Waals surface area (Å²) in [5, 5.41) is 5.76. The number of nitrogens with zero attached hydrogens (tertiary/aromatic N) is 5. The zero-order valence-corrected chi connectivity index (χ0v) is 24.2. The molecule has 0 amide bonds. The maximum atomic E-state index is 9.26. The van der Waals surface area contributed by atoms with E-state index >= 15 is 0 Å². The van der Waals surface area contributed by atoms with Crippen LogP contribution in [0.3, 0.4) is 0 Å². The lowest BCUT2D eigenvalue weighted by Crippen LogP contribution is -2.57. The quantitative estimate of drug-likeness (QED) is 0.244. The van der Waals surface area contributed by atoms with Crippen molar-refractivity contribution in [1.29, 1.82) is 0 Å². The molecule has 1 saturated carbocycles. The number of anilines is 1. The molecule has 0 radical (unpaired) electrons. The van der Waals surface area contributed by atoms with Crippen molar-refractivity contribution < 1.29 is 19.3 Å². The highest BCUT2D eigenvalue weighted by Gasteiger charge is 2.44. The third-order valence-corrected chi connectivity index (χ3v) is 8.19. The summed E-state index contributed by atoms with van der Waals surface area (Å²) in [4.78, 5) is 29.9. The molecule has 3 heterocycles. The van der Waals surface area contributed by atoms with Crippen molar-refractivity contribution in [1.82, 2.24) is 19.7 Å². The minimum Gasteiger partial charge on any atom is -0.491 e. The zero-order valence-electron chi connectivity index (χ0n) is 22.5. The minimum atomic E-state index is -1.98. The molecule has 9 nitrogen and oxygen atoms in total. The summed E-state index contributed by atoms with van der Waals surface area (Å²) in [7, 11) is -0.315. The van der Waals surface area contributed by atoms with Gasteiger partial charge in [0.05, 0.1) is 17.7 Å². The van der Waals surface area contributed by atoms with Gasteiger partial charge in [-0.05, 0) is 48.6 Å². The summed E-state index contributed by atoms with van der Waals surface area (Å²) in [6.07, 6.45) is 9.20. The smallest absolute Gasteiger partial charge is 0.226 e. The van der Waals surface area contributed by atoms with Crippen LogP contribution in [0.1, 0.15) is 57.9 Å². The molecule has 2 fully saturated rings. The van der Waals surface area contributed by atoms with Crippen LogP contribution in [0, 0.1) is 5.41 Å². The fourth-order valence-electron chi connectivity index (χ4n) is 5.47. The first-order valence-electron chi connectivity index (χ1n) is 13.5. The van der Waals surface area contributed by atoms with Crippen LogP contribution in [0.4, 0.5) is 5.82 Å². The Kier molecular flexibility index (Phi) is 10.2. The molecule has 38 heavy (non-hydrogen) atoms. The Bertz CT molecular complexity index is 1180. The number of aromatic nitrogens is 4. The molecular formula is C27H39ClN5O4P. The average molecular weight is 564 g/mol. The lowest BCUT2D eigenvalue weighted by atomic mass is 9.68. The fourth-order valence-corrected chi connectivity index (χ4v) is 6.16. The van der Waals surface area contributed by atoms with Crippen LogP contribution < -0.4 is 9.64 Å². The molecule has 0 bridgehead atoms. The second-order valence-corrected chi connectivity index (χ2v) is 11.4. The van der Waals surface area contributed by atoms with Crippen molar-refractivity contribution in [2.24, 2.45) is 5.41 Å². The number of ether oxygens (including phenoxy) is 2. The van der Waals surface area contributed by atoms with Crippen LogP contribution in [-0.2, 0) is 17.4 Å². The van der Waals surface area contributed by atoms with Gasteiger partial charge in [-0.25, -0.2) is 4.68 Å². The number of benzene rings is 1. The molecule has 1 unspecified atom stereocenters. The van der Waals surface area contributed by atoms with E-state index in [0.29, 0.717) is 30.7 Å². The number of rotatable bonds is 10. The van der Waals surface area contributed by atoms with Crippen molar-refractivity contribution >= 4 is 36.8 Å². The van der Waals surface area contributed by atoms with E-state index in [4.69, 9.17) is 21.1 Å². The first-order valence-corrected chi connectivity index (χ1v) is 15.3. The summed E-state index contributed by atoms with van der Waals surface area (Å²) >= 11 is 6.34. The lowest BCUT2D eigenvalue weighted by Gasteiger charge is -2.53. The van der Waals surface area contributed by atoms with E-state index in [-0.39, 0.29) is 17.5 Å². The SMILES string of the molecule is CC.COC(CCn1ncc2c(N3CC4(CCCCC4)C3)nc(Cl)nc21)COc1cccc(CP(O)O)c1. The molecule has 1 aliphatic carbocycles. The van der Waals surface area contributed by atoms with E-state index in [2.05, 4.69) is 20.0 Å². The molecule has 2 N–H and O–H groups in total. The van der Waals surface area contributed by atoms with Crippen molar-refractivity contribution in [3.8, 4) is 5.75 Å². The molecule has 2 aliphatic rings. The second kappa shape index (κ2) is 13.4. The standard InChI is InChI=1S/C25H33ClN5O4P.C2H6/c1-34-20(14-35-19-7-5-6-18(12-19)15-36(32)33)8-11-31-23-21(13-27-31)22(28-24(26)29-23)30-16-25(17-30)9-3-2-4-10-25;1-2/h5-7,12-13,20,32-33H,2-4,8-11,14-17H2,1H3;1-2H3. The van der Waals surface area contributed by atoms with E-state index in [1.165, 1.54) is 32.1 Å². The van der Waals surface area contributed by atoms with E-state index in [9.17, 15) is 9.79 Å². The van der Waals surface area contributed by atoms with Crippen molar-refractivity contribution in [3.05, 3.63) is 41.3 Å². The predicted molar refractivity (Wildman–Crippen MR) is 152 cm³/mol. The molecule has 1 spiro atoms. The second-order valence-electron chi connectivity index (χ2n) is 9.97. The van der Waals surface area contributed by atoms with Gasteiger partial charge in [-0.1, -0.05) is 45.2 Å². The molecule has 1 atom stereocenters. The van der Waals surface area contributed by atoms with Gasteiger partial charge in [0.15, 0.2) is 14.0 Å². The van der Waals surface area contributed by atoms with Crippen molar-refractivity contribution in [2.45, 2.75) is 71.2 Å². The highest BCUT2D eigenvalue weighted by Crippen LogP contribution is 2.46. The highest BCUT2D eigenvalue weighted by atomic mass is 35.5. The first kappa shape index (κ1) is 29.0. The van der Waals surface area contributed by atoms with Crippen LogP contribution >= 0.6 is 20.0 Å². The van der Waals surface area contributed by atoms with E-state index in [1.54, 1.807) is 7.11 Å². The number of aryl methyl sites for hydroxylation is 1. The summed E-state index contributed by atoms with van der Waals surface area (Å²) in [6.45, 7) is 7.02. The summed E-state index contributed by atoms with van der Waals surface area (Å²) in [5.74, 6) is 1.55. The highest BCUT2D eigenvalue weighted by molar-refractivity contribution is 7.44. The number of methoxy groups -OCH3 is 1. The molecule has 2 aromatic heterocycles. The van der Waals surface area contributed by atoms with Crippen LogP contribution in [0.2, 0.25) is 5.28 Å². The van der Waals surface area contributed by atoms with Crippen molar-refractivity contribution in [2.75, 3.05) is 31.7 Å². The fraction of sp³-hybridized carbons (Fsp3) is 0.593. The maximum absolute atomic E-state index is 9.26. The van der Waals surface area contributed by atoms with Gasteiger partial charge in [-0.3, -0.25) is 0 Å². The Morgan fingerprint density at radius 2 is 1.89 bits per heavy atom. The van der Waals surface area contributed by atoms with Gasteiger partial charge in [0.1, 0.15) is 18.2 Å². The molecule has 11 heteroatoms. The lowest BCUT2D eigenvalue weighted by molar-refractivity contribution is 0.0485. The Morgan fingerprint density at radius 3 is 2.61 bits per heavy atom. The molecular weight excluding hydrogens is 525 g/mol. The van der Waals surface area contributed by atoms with Crippen LogP contribution in [0.5, 0.6) is 5.75 Å². The topological polar surface area (TPSA) is 106 Å². The Hall–Kier alpha value is -2.03. The molecule has 5 rings (SSSR count). The number of halogens is 1. The van der Waals surface area contributed by atoms with Crippen LogP contribution in [0.15, 0.2) is 30.5 Å². The first-order chi connectivity index (χ1) is 18.4. The van der Waals surface area contributed by atoms with E-state index in [1.807, 2.05) is 49.0 Å². The van der Waals surface area contributed by atoms with E-state index < -0.39 is 8.38 Å². The molecule has 1 aromatic carbocycles. The summed E-state index contributed by atoms with van der Waals surface area (Å²) in [5.41, 5.74) is 2.01. The normalized spacial score (nSPS) is 17.3. The monoisotopic (exact) mass is 563 g/mol. The van der Waals surface area contributed by atoms with Gasteiger partial charge >= 0.3 is 0 Å². The molecule has 3 aromatic rings. The third kappa shape index (κ3) is 6.93. The van der Waals surface area contributed by atoms with Gasteiger partial charge in [0.25, 0.3) is 0 Å². The number of hydrogen-bond acceptors (Lipinski definition) is 8. The van der Waals surface area contributed by atoms with Gasteiger partial charge in [-0.15, -0.1) is 0 Å². The maximum Gasteiger partial charge on any atom is 0.226 e. The number of hydrogen-bond donors (Lipinski definition) is 2. The Morgan fingerprint density at radius 1 is 1.13 bits per heavy atom. The summed E-state index contributed by atoms with van der Waals surface area (Å²) < 4.78 is 13.4. The zero-order chi connectivity index (χ0) is 27.1. The van der Waals surface area contributed by atoms with Gasteiger partial charge < -0.3 is 24.2 Å². The number of fused-ring (bicyclic) bond motifs is 1. The summed E-state index contributed by atoms with van der Waals surface area (Å²) in [6, 6.07) is 7.36. The minimum absolute atomic E-state index is 0.154. The average Bonchev–Trinajstić information content (AvgIpc) is 3.31. The van der Waals surface area contributed by atoms with Gasteiger partial charge in [-0.2, -0.15) is 15.1 Å². The Labute approximate surface area is 231 Å². The van der Waals surface area contributed by atoms with Gasteiger partial charge in [0.2, 0.25) is 5.28 Å². The molecule has 1 saturated heterocycles. The Balaban J connectivity index is 0.00000164. The van der Waals surface area contributed by atoms with Crippen molar-refractivity contribution in [3.63, 3.8) is 0 Å². The van der Waals surface area contributed by atoms with Crippen LogP contribution in [0.25, 0.3) is 11.0 Å². The molecule has 1 aliphatic heterocycles. The van der Waals surface area contributed by atoms with Gasteiger partial charge in [0, 0.05) is 38.3 Å². The third-order valence-electron chi connectivity index (χ3n) is 7.37. The van der Waals surface area contributed by atoms with Crippen LogP contribution in [-0.4, -0.2) is 62.4 Å². The largest absolute Gasteiger partial charge is 0.491 e. The predicted octanol–water partition coefficient (Wildman–Crippen LogP) is 5.56.